The number of carbonyl (C=O) groups is 1. The van der Waals surface area contributed by atoms with Gasteiger partial charge in [-0.05, 0) is 26.3 Å². The van der Waals surface area contributed by atoms with Crippen LogP contribution in [0.25, 0.3) is 0 Å². The molecule has 82 valence electrons. The smallest absolute Gasteiger partial charge is 0.224 e. The Morgan fingerprint density at radius 1 is 1.64 bits per heavy atom. The topological polar surface area (TPSA) is 32.3 Å². The van der Waals surface area contributed by atoms with Gasteiger partial charge in [0.15, 0.2) is 0 Å². The lowest BCUT2D eigenvalue weighted by Gasteiger charge is -2.23. The van der Waals surface area contributed by atoms with E-state index >= 15 is 0 Å². The molecule has 0 bridgehead atoms. The van der Waals surface area contributed by atoms with E-state index in [1.165, 1.54) is 12.8 Å². The highest BCUT2D eigenvalue weighted by Crippen LogP contribution is 2.20. The highest BCUT2D eigenvalue weighted by atomic mass is 16.1. The zero-order chi connectivity index (χ0) is 10.6. The molecule has 1 heterocycles. The molecule has 14 heavy (non-hydrogen) atoms. The van der Waals surface area contributed by atoms with E-state index in [1.54, 1.807) is 7.05 Å². The van der Waals surface area contributed by atoms with Crippen molar-refractivity contribution in [3.05, 3.63) is 0 Å². The van der Waals surface area contributed by atoms with Crippen LogP contribution in [0.5, 0.6) is 0 Å². The van der Waals surface area contributed by atoms with Crippen molar-refractivity contribution in [3.8, 4) is 0 Å². The lowest BCUT2D eigenvalue weighted by molar-refractivity contribution is -0.124. The first-order valence-corrected chi connectivity index (χ1v) is 5.64. The molecule has 3 nitrogen and oxygen atoms in total. The van der Waals surface area contributed by atoms with Crippen molar-refractivity contribution in [2.75, 3.05) is 20.1 Å². The molecule has 0 aliphatic carbocycles. The predicted octanol–water partition coefficient (Wildman–Crippen LogP) is 1.24. The molecule has 3 heteroatoms. The fraction of sp³-hybridized carbons (Fsp3) is 0.909. The Kier molecular flexibility index (Phi) is 4.39. The predicted molar refractivity (Wildman–Crippen MR) is 58.1 cm³/mol. The molecule has 2 atom stereocenters. The highest BCUT2D eigenvalue weighted by molar-refractivity contribution is 5.78. The first-order valence-electron chi connectivity index (χ1n) is 5.64. The average molecular weight is 198 g/mol. The monoisotopic (exact) mass is 198 g/mol. The summed E-state index contributed by atoms with van der Waals surface area (Å²) in [7, 11) is 1.72. The first-order chi connectivity index (χ1) is 6.69. The van der Waals surface area contributed by atoms with Gasteiger partial charge in [-0.25, -0.2) is 0 Å². The lowest BCUT2D eigenvalue weighted by Crippen LogP contribution is -2.34. The Hall–Kier alpha value is -0.570. The minimum atomic E-state index is 0.205. The van der Waals surface area contributed by atoms with Gasteiger partial charge in [0, 0.05) is 19.6 Å². The summed E-state index contributed by atoms with van der Waals surface area (Å²) >= 11 is 0. The van der Waals surface area contributed by atoms with Crippen LogP contribution in [-0.2, 0) is 4.79 Å². The van der Waals surface area contributed by atoms with E-state index in [0.29, 0.717) is 6.04 Å². The third-order valence-electron chi connectivity index (χ3n) is 3.17. The molecule has 1 amide bonds. The number of carbonyl (C=O) groups excluding carboxylic acids is 1. The lowest BCUT2D eigenvalue weighted by atomic mass is 10.1. The van der Waals surface area contributed by atoms with Crippen LogP contribution in [-0.4, -0.2) is 37.0 Å². The quantitative estimate of drug-likeness (QED) is 0.737. The SMILES string of the molecule is CCCC(C)N1CC[C@@H](C(=O)NC)C1. The summed E-state index contributed by atoms with van der Waals surface area (Å²) in [6.07, 6.45) is 3.48. The van der Waals surface area contributed by atoms with E-state index in [9.17, 15) is 4.79 Å². The third kappa shape index (κ3) is 2.71. The second-order valence-electron chi connectivity index (χ2n) is 4.23. The van der Waals surface area contributed by atoms with E-state index in [4.69, 9.17) is 0 Å². The summed E-state index contributed by atoms with van der Waals surface area (Å²) < 4.78 is 0. The Morgan fingerprint density at radius 2 is 2.36 bits per heavy atom. The van der Waals surface area contributed by atoms with Crippen LogP contribution in [0.15, 0.2) is 0 Å². The minimum absolute atomic E-state index is 0.205. The number of nitrogens with one attached hydrogen (secondary N) is 1. The van der Waals surface area contributed by atoms with Crippen molar-refractivity contribution >= 4 is 5.91 Å². The zero-order valence-electron chi connectivity index (χ0n) is 9.55. The molecule has 0 saturated carbocycles. The van der Waals surface area contributed by atoms with Gasteiger partial charge in [0.05, 0.1) is 5.92 Å². The van der Waals surface area contributed by atoms with Crippen LogP contribution >= 0.6 is 0 Å². The van der Waals surface area contributed by atoms with Crippen LogP contribution in [0, 0.1) is 5.92 Å². The van der Waals surface area contributed by atoms with Gasteiger partial charge >= 0.3 is 0 Å². The standard InChI is InChI=1S/C11H22N2O/c1-4-5-9(2)13-7-6-10(8-13)11(14)12-3/h9-10H,4-8H2,1-3H3,(H,12,14)/t9?,10-/m1/s1. The van der Waals surface area contributed by atoms with Gasteiger partial charge in [0.25, 0.3) is 0 Å². The fourth-order valence-corrected chi connectivity index (χ4v) is 2.21. The molecule has 0 aromatic carbocycles. The second-order valence-corrected chi connectivity index (χ2v) is 4.23. The van der Waals surface area contributed by atoms with E-state index in [2.05, 4.69) is 24.1 Å². The number of nitrogens with zero attached hydrogens (tertiary/aromatic N) is 1. The molecule has 1 aliphatic heterocycles. The highest BCUT2D eigenvalue weighted by Gasteiger charge is 2.29. The molecule has 1 rings (SSSR count). The van der Waals surface area contributed by atoms with E-state index in [1.807, 2.05) is 0 Å². The number of amides is 1. The van der Waals surface area contributed by atoms with Crippen LogP contribution in [0.1, 0.15) is 33.1 Å². The third-order valence-corrected chi connectivity index (χ3v) is 3.17. The van der Waals surface area contributed by atoms with Crippen molar-refractivity contribution in [2.45, 2.75) is 39.2 Å². The van der Waals surface area contributed by atoms with Gasteiger partial charge in [-0.3, -0.25) is 9.69 Å². The minimum Gasteiger partial charge on any atom is -0.359 e. The number of rotatable bonds is 4. The van der Waals surface area contributed by atoms with Gasteiger partial charge in [0.2, 0.25) is 5.91 Å². The van der Waals surface area contributed by atoms with Crippen molar-refractivity contribution in [2.24, 2.45) is 5.92 Å². The van der Waals surface area contributed by atoms with Crippen molar-refractivity contribution in [3.63, 3.8) is 0 Å². The Labute approximate surface area is 86.9 Å². The number of hydrogen-bond donors (Lipinski definition) is 1. The summed E-state index contributed by atoms with van der Waals surface area (Å²) in [5.74, 6) is 0.426. The molecule has 1 unspecified atom stereocenters. The van der Waals surface area contributed by atoms with Crippen molar-refractivity contribution in [1.29, 1.82) is 0 Å². The molecule has 1 saturated heterocycles. The largest absolute Gasteiger partial charge is 0.359 e. The Balaban J connectivity index is 2.36. The maximum Gasteiger partial charge on any atom is 0.224 e. The zero-order valence-corrected chi connectivity index (χ0v) is 9.55. The van der Waals surface area contributed by atoms with Crippen LogP contribution in [0.3, 0.4) is 0 Å². The van der Waals surface area contributed by atoms with Gasteiger partial charge in [-0.1, -0.05) is 13.3 Å². The summed E-state index contributed by atoms with van der Waals surface area (Å²) in [5, 5.41) is 2.73. The van der Waals surface area contributed by atoms with E-state index < -0.39 is 0 Å². The van der Waals surface area contributed by atoms with Crippen LogP contribution in [0.4, 0.5) is 0 Å². The Bertz CT molecular complexity index is 194. The van der Waals surface area contributed by atoms with Gasteiger partial charge in [-0.2, -0.15) is 0 Å². The van der Waals surface area contributed by atoms with Gasteiger partial charge < -0.3 is 5.32 Å². The molecule has 1 N–H and O–H groups in total. The molecular weight excluding hydrogens is 176 g/mol. The van der Waals surface area contributed by atoms with Crippen LogP contribution in [0.2, 0.25) is 0 Å². The fourth-order valence-electron chi connectivity index (χ4n) is 2.21. The van der Waals surface area contributed by atoms with Crippen LogP contribution < -0.4 is 5.32 Å². The maximum absolute atomic E-state index is 11.4. The summed E-state index contributed by atoms with van der Waals surface area (Å²) in [4.78, 5) is 13.8. The molecular formula is C11H22N2O. The van der Waals surface area contributed by atoms with Gasteiger partial charge in [0.1, 0.15) is 0 Å². The van der Waals surface area contributed by atoms with Crippen molar-refractivity contribution in [1.82, 2.24) is 10.2 Å². The molecule has 0 spiro atoms. The molecule has 0 aromatic rings. The Morgan fingerprint density at radius 3 is 2.93 bits per heavy atom. The normalized spacial score (nSPS) is 24.9. The molecule has 0 radical (unpaired) electrons. The first kappa shape index (κ1) is 11.5. The van der Waals surface area contributed by atoms with Gasteiger partial charge in [-0.15, -0.1) is 0 Å². The molecule has 1 fully saturated rings. The number of likely N-dealkylation sites (tertiary alicyclic amines) is 1. The summed E-state index contributed by atoms with van der Waals surface area (Å²) in [5.41, 5.74) is 0. The molecule has 0 aromatic heterocycles. The van der Waals surface area contributed by atoms with E-state index in [0.717, 1.165) is 19.5 Å². The van der Waals surface area contributed by atoms with E-state index in [-0.39, 0.29) is 11.8 Å². The maximum atomic E-state index is 11.4. The number of hydrogen-bond acceptors (Lipinski definition) is 2. The second kappa shape index (κ2) is 5.35. The average Bonchev–Trinajstić information content (AvgIpc) is 2.66. The van der Waals surface area contributed by atoms with Crippen molar-refractivity contribution < 1.29 is 4.79 Å². The summed E-state index contributed by atoms with van der Waals surface area (Å²) in [6, 6.07) is 0.634. The molecule has 1 aliphatic rings. The summed E-state index contributed by atoms with van der Waals surface area (Å²) in [6.45, 7) is 6.50.